The number of carbonyl (C=O) groups is 1. The predicted octanol–water partition coefficient (Wildman–Crippen LogP) is 3.16. The quantitative estimate of drug-likeness (QED) is 0.572. The van der Waals surface area contributed by atoms with E-state index in [2.05, 4.69) is 5.32 Å². The van der Waals surface area contributed by atoms with Gasteiger partial charge in [0.25, 0.3) is 0 Å². The molecule has 0 unspecified atom stereocenters. The van der Waals surface area contributed by atoms with Crippen LogP contribution in [0.25, 0.3) is 0 Å². The number of sulfonamides is 1. The Kier molecular flexibility index (Phi) is 8.47. The van der Waals surface area contributed by atoms with E-state index in [1.807, 2.05) is 24.3 Å². The predicted molar refractivity (Wildman–Crippen MR) is 116 cm³/mol. The number of nitrogens with one attached hydrogen (secondary N) is 1. The molecule has 2 aromatic rings. The summed E-state index contributed by atoms with van der Waals surface area (Å²) in [6, 6.07) is 14.2. The molecule has 0 saturated carbocycles. The molecule has 0 aliphatic carbocycles. The van der Waals surface area contributed by atoms with Gasteiger partial charge in [-0.3, -0.25) is 9.10 Å². The number of halogens is 1. The molecule has 0 radical (unpaired) electrons. The van der Waals surface area contributed by atoms with Crippen molar-refractivity contribution < 1.29 is 17.9 Å². The highest BCUT2D eigenvalue weighted by molar-refractivity contribution is 7.98. The molecule has 0 aliphatic rings. The second-order valence-electron chi connectivity index (χ2n) is 6.00. The average Bonchev–Trinajstić information content (AvgIpc) is 2.65. The van der Waals surface area contributed by atoms with Crippen LogP contribution in [0, 0.1) is 0 Å². The third kappa shape index (κ3) is 7.26. The van der Waals surface area contributed by atoms with Crippen molar-refractivity contribution in [3.63, 3.8) is 0 Å². The Labute approximate surface area is 175 Å². The molecule has 1 amide bonds. The lowest BCUT2D eigenvalue weighted by Gasteiger charge is -2.22. The van der Waals surface area contributed by atoms with E-state index in [1.165, 1.54) is 7.11 Å². The topological polar surface area (TPSA) is 75.7 Å². The van der Waals surface area contributed by atoms with Crippen LogP contribution in [0.2, 0.25) is 5.02 Å². The Morgan fingerprint density at radius 2 is 1.96 bits per heavy atom. The van der Waals surface area contributed by atoms with Crippen molar-refractivity contribution in [2.75, 3.05) is 36.5 Å². The van der Waals surface area contributed by atoms with Gasteiger partial charge in [-0.25, -0.2) is 8.42 Å². The molecule has 0 heterocycles. The summed E-state index contributed by atoms with van der Waals surface area (Å²) in [5.41, 5.74) is 1.50. The van der Waals surface area contributed by atoms with Crippen LogP contribution in [0.1, 0.15) is 5.56 Å². The Morgan fingerprint density at radius 1 is 1.21 bits per heavy atom. The maximum atomic E-state index is 12.2. The number of hydrogen-bond acceptors (Lipinski definition) is 5. The van der Waals surface area contributed by atoms with Gasteiger partial charge in [-0.2, -0.15) is 11.8 Å². The number of methoxy groups -OCH3 is 1. The van der Waals surface area contributed by atoms with Crippen molar-refractivity contribution in [2.24, 2.45) is 0 Å². The van der Waals surface area contributed by atoms with Crippen molar-refractivity contribution in [3.8, 4) is 5.75 Å². The first-order valence-corrected chi connectivity index (χ1v) is 11.9. The zero-order chi connectivity index (χ0) is 20.6. The average molecular weight is 443 g/mol. The monoisotopic (exact) mass is 442 g/mol. The highest BCUT2D eigenvalue weighted by atomic mass is 35.5. The SMILES string of the molecule is COc1cccc(N(CC(=O)NCCSCc2cccc(Cl)c2)S(C)(=O)=O)c1. The van der Waals surface area contributed by atoms with Gasteiger partial charge in [-0.05, 0) is 29.8 Å². The van der Waals surface area contributed by atoms with Crippen LogP contribution in [-0.2, 0) is 20.6 Å². The summed E-state index contributed by atoms with van der Waals surface area (Å²) >= 11 is 7.61. The van der Waals surface area contributed by atoms with Gasteiger partial charge in [0.1, 0.15) is 12.3 Å². The zero-order valence-corrected chi connectivity index (χ0v) is 18.1. The van der Waals surface area contributed by atoms with Gasteiger partial charge in [0.05, 0.1) is 19.1 Å². The number of thioether (sulfide) groups is 1. The molecule has 28 heavy (non-hydrogen) atoms. The van der Waals surface area contributed by atoms with Crippen LogP contribution in [0.3, 0.4) is 0 Å². The Balaban J connectivity index is 1.84. The zero-order valence-electron chi connectivity index (χ0n) is 15.7. The lowest BCUT2D eigenvalue weighted by Crippen LogP contribution is -2.41. The van der Waals surface area contributed by atoms with Gasteiger partial charge < -0.3 is 10.1 Å². The number of rotatable bonds is 10. The summed E-state index contributed by atoms with van der Waals surface area (Å²) in [6.45, 7) is 0.157. The fourth-order valence-corrected chi connectivity index (χ4v) is 4.30. The first kappa shape index (κ1) is 22.4. The molecule has 6 nitrogen and oxygen atoms in total. The van der Waals surface area contributed by atoms with E-state index in [4.69, 9.17) is 16.3 Å². The summed E-state index contributed by atoms with van der Waals surface area (Å²) in [6.07, 6.45) is 1.07. The minimum Gasteiger partial charge on any atom is -0.497 e. The fraction of sp³-hybridized carbons (Fsp3) is 0.316. The van der Waals surface area contributed by atoms with Crippen molar-refractivity contribution in [1.82, 2.24) is 5.32 Å². The second-order valence-corrected chi connectivity index (χ2v) is 9.45. The Bertz CT molecular complexity index is 906. The van der Waals surface area contributed by atoms with Crippen LogP contribution in [0.4, 0.5) is 5.69 Å². The first-order chi connectivity index (χ1) is 13.3. The van der Waals surface area contributed by atoms with Gasteiger partial charge in [-0.15, -0.1) is 0 Å². The summed E-state index contributed by atoms with van der Waals surface area (Å²) < 4.78 is 30.4. The summed E-state index contributed by atoms with van der Waals surface area (Å²) in [5, 5.41) is 3.46. The normalized spacial score (nSPS) is 11.1. The maximum absolute atomic E-state index is 12.2. The second kappa shape index (κ2) is 10.6. The third-order valence-corrected chi connectivity index (χ3v) is 6.16. The summed E-state index contributed by atoms with van der Waals surface area (Å²) in [4.78, 5) is 12.2. The molecule has 0 fully saturated rings. The molecular weight excluding hydrogens is 420 g/mol. The van der Waals surface area contributed by atoms with Crippen molar-refractivity contribution in [1.29, 1.82) is 0 Å². The van der Waals surface area contributed by atoms with Crippen LogP contribution in [-0.4, -0.2) is 46.5 Å². The molecule has 9 heteroatoms. The lowest BCUT2D eigenvalue weighted by molar-refractivity contribution is -0.119. The summed E-state index contributed by atoms with van der Waals surface area (Å²) in [7, 11) is -2.12. The highest BCUT2D eigenvalue weighted by Gasteiger charge is 2.21. The molecular formula is C19H23ClN2O4S2. The number of benzene rings is 2. The molecule has 2 aromatic carbocycles. The smallest absolute Gasteiger partial charge is 0.240 e. The van der Waals surface area contributed by atoms with Gasteiger partial charge in [0.2, 0.25) is 15.9 Å². The lowest BCUT2D eigenvalue weighted by atomic mass is 10.2. The molecule has 0 aliphatic heterocycles. The number of carbonyl (C=O) groups excluding carboxylic acids is 1. The third-order valence-electron chi connectivity index (χ3n) is 3.76. The molecule has 0 saturated heterocycles. The maximum Gasteiger partial charge on any atom is 0.240 e. The number of ether oxygens (including phenoxy) is 1. The molecule has 0 atom stereocenters. The molecule has 152 valence electrons. The fourth-order valence-electron chi connectivity index (χ4n) is 2.43. The number of nitrogens with zero attached hydrogens (tertiary/aromatic N) is 1. The van der Waals surface area contributed by atoms with Crippen LogP contribution in [0.5, 0.6) is 5.75 Å². The van der Waals surface area contributed by atoms with Gasteiger partial charge in [-0.1, -0.05) is 29.8 Å². The van der Waals surface area contributed by atoms with E-state index >= 15 is 0 Å². The highest BCUT2D eigenvalue weighted by Crippen LogP contribution is 2.22. The van der Waals surface area contributed by atoms with Crippen molar-refractivity contribution in [2.45, 2.75) is 5.75 Å². The van der Waals surface area contributed by atoms with Crippen LogP contribution in [0.15, 0.2) is 48.5 Å². The molecule has 0 aromatic heterocycles. The number of anilines is 1. The largest absolute Gasteiger partial charge is 0.497 e. The standard InChI is InChI=1S/C19H23ClN2O4S2/c1-26-18-8-4-7-17(12-18)22(28(2,24)25)13-19(23)21-9-10-27-14-15-5-3-6-16(20)11-15/h3-8,11-12H,9-10,13-14H2,1-2H3,(H,21,23). The molecule has 2 rings (SSSR count). The van der Waals surface area contributed by atoms with E-state index in [1.54, 1.807) is 36.0 Å². The molecule has 0 bridgehead atoms. The van der Waals surface area contributed by atoms with E-state index in [0.29, 0.717) is 28.8 Å². The van der Waals surface area contributed by atoms with E-state index < -0.39 is 10.0 Å². The number of hydrogen-bond donors (Lipinski definition) is 1. The van der Waals surface area contributed by atoms with Crippen molar-refractivity contribution in [3.05, 3.63) is 59.1 Å². The minimum atomic E-state index is -3.61. The van der Waals surface area contributed by atoms with Crippen LogP contribution >= 0.6 is 23.4 Å². The van der Waals surface area contributed by atoms with Gasteiger partial charge in [0, 0.05) is 29.1 Å². The van der Waals surface area contributed by atoms with Gasteiger partial charge >= 0.3 is 0 Å². The van der Waals surface area contributed by atoms with Crippen molar-refractivity contribution >= 4 is 45.0 Å². The Morgan fingerprint density at radius 3 is 2.64 bits per heavy atom. The van der Waals surface area contributed by atoms with E-state index in [0.717, 1.165) is 21.9 Å². The molecule has 1 N–H and O–H groups in total. The van der Waals surface area contributed by atoms with E-state index in [-0.39, 0.29) is 12.5 Å². The minimum absolute atomic E-state index is 0.287. The Hall–Kier alpha value is -1.90. The van der Waals surface area contributed by atoms with Crippen LogP contribution < -0.4 is 14.4 Å². The first-order valence-electron chi connectivity index (χ1n) is 8.50. The summed E-state index contributed by atoms with van der Waals surface area (Å²) in [5.74, 6) is 1.65. The number of amides is 1. The van der Waals surface area contributed by atoms with Gasteiger partial charge in [0.15, 0.2) is 0 Å². The molecule has 0 spiro atoms. The van der Waals surface area contributed by atoms with E-state index in [9.17, 15) is 13.2 Å².